The summed E-state index contributed by atoms with van der Waals surface area (Å²) in [5.41, 5.74) is -1.99. The molecule has 164 valence electrons. The predicted octanol–water partition coefficient (Wildman–Crippen LogP) is 2.76. The lowest BCUT2D eigenvalue weighted by Crippen LogP contribution is -2.88. The van der Waals surface area contributed by atoms with Gasteiger partial charge in [0.15, 0.2) is 17.4 Å². The summed E-state index contributed by atoms with van der Waals surface area (Å²) in [6.07, 6.45) is 0.464. The van der Waals surface area contributed by atoms with E-state index in [1.165, 1.54) is 0 Å². The Balaban J connectivity index is 1.69. The van der Waals surface area contributed by atoms with Crippen molar-refractivity contribution in [2.24, 2.45) is 34.0 Å². The number of carbonyl (C=O) groups is 2. The van der Waals surface area contributed by atoms with E-state index in [-0.39, 0.29) is 46.2 Å². The number of ether oxygens (including phenoxy) is 3. The number of ketones is 2. The molecule has 1 N–H and O–H groups in total. The Kier molecular flexibility index (Phi) is 3.54. The molecule has 0 aromatic rings. The molecule has 3 saturated heterocycles. The maximum absolute atomic E-state index is 13.9. The van der Waals surface area contributed by atoms with Gasteiger partial charge in [0.25, 0.3) is 0 Å². The van der Waals surface area contributed by atoms with E-state index in [1.54, 1.807) is 0 Å². The summed E-state index contributed by atoms with van der Waals surface area (Å²) in [5.74, 6) is -3.45. The summed E-state index contributed by atoms with van der Waals surface area (Å²) in [6.45, 7) is 12.1. The van der Waals surface area contributed by atoms with Gasteiger partial charge >= 0.3 is 0 Å². The quantitative estimate of drug-likeness (QED) is 0.424. The van der Waals surface area contributed by atoms with Crippen LogP contribution in [0.25, 0.3) is 0 Å². The topological polar surface area (TPSA) is 82.1 Å². The van der Waals surface area contributed by atoms with Crippen LogP contribution in [0.5, 0.6) is 0 Å². The molecular formula is C23H29BrO6. The fourth-order valence-electron chi connectivity index (χ4n) is 8.71. The van der Waals surface area contributed by atoms with Crippen LogP contribution in [-0.4, -0.2) is 51.9 Å². The Hall–Kier alpha value is -0.600. The molecule has 3 spiro atoms. The van der Waals surface area contributed by atoms with Gasteiger partial charge in [-0.1, -0.05) is 36.4 Å². The molecule has 4 saturated carbocycles. The summed E-state index contributed by atoms with van der Waals surface area (Å²) in [6, 6.07) is 0. The number of aliphatic hydroxyl groups is 1. The van der Waals surface area contributed by atoms with Gasteiger partial charge in [0, 0.05) is 11.8 Å². The third-order valence-corrected chi connectivity index (χ3v) is 10.1. The molecule has 3 heterocycles. The molecule has 7 rings (SSSR count). The van der Waals surface area contributed by atoms with Gasteiger partial charge in [0.1, 0.15) is 11.5 Å². The Labute approximate surface area is 184 Å². The first-order chi connectivity index (χ1) is 13.9. The lowest BCUT2D eigenvalue weighted by atomic mass is 9.35. The molecule has 0 aromatic carbocycles. The molecule has 0 amide bonds. The van der Waals surface area contributed by atoms with Crippen molar-refractivity contribution in [2.75, 3.05) is 6.61 Å². The van der Waals surface area contributed by atoms with Crippen LogP contribution in [0.4, 0.5) is 0 Å². The van der Waals surface area contributed by atoms with Crippen molar-refractivity contribution in [3.8, 4) is 0 Å². The molecule has 9 atom stereocenters. The van der Waals surface area contributed by atoms with E-state index < -0.39 is 34.6 Å². The Morgan fingerprint density at radius 3 is 2.57 bits per heavy atom. The highest BCUT2D eigenvalue weighted by Crippen LogP contribution is 2.78. The lowest BCUT2D eigenvalue weighted by molar-refractivity contribution is -0.523. The molecule has 4 aliphatic carbocycles. The van der Waals surface area contributed by atoms with E-state index in [4.69, 9.17) is 14.2 Å². The van der Waals surface area contributed by atoms with Gasteiger partial charge in [-0.25, -0.2) is 0 Å². The first-order valence-electron chi connectivity index (χ1n) is 11.0. The van der Waals surface area contributed by atoms with Crippen LogP contribution in [0.2, 0.25) is 0 Å². The number of hydrogen-bond donors (Lipinski definition) is 1. The molecule has 7 fully saturated rings. The molecule has 7 heteroatoms. The first-order valence-corrected chi connectivity index (χ1v) is 11.9. The van der Waals surface area contributed by atoms with E-state index in [1.807, 2.05) is 13.8 Å². The minimum atomic E-state index is -1.53. The van der Waals surface area contributed by atoms with Crippen molar-refractivity contribution in [3.05, 3.63) is 12.2 Å². The fraction of sp³-hybridized carbons (Fsp3) is 0.826. The Morgan fingerprint density at radius 2 is 1.87 bits per heavy atom. The Bertz CT molecular complexity index is 911. The van der Waals surface area contributed by atoms with Gasteiger partial charge in [-0.3, -0.25) is 9.59 Å². The summed E-state index contributed by atoms with van der Waals surface area (Å²) >= 11 is 3.62. The number of aliphatic hydroxyl groups excluding tert-OH is 1. The van der Waals surface area contributed by atoms with E-state index >= 15 is 0 Å². The normalized spacial score (nSPS) is 57.2. The summed E-state index contributed by atoms with van der Waals surface area (Å²) in [4.78, 5) is 27.5. The van der Waals surface area contributed by atoms with Crippen LogP contribution in [0, 0.1) is 34.0 Å². The molecule has 30 heavy (non-hydrogen) atoms. The van der Waals surface area contributed by atoms with Crippen molar-refractivity contribution in [3.63, 3.8) is 0 Å². The second kappa shape index (κ2) is 5.30. The molecule has 2 unspecified atom stereocenters. The minimum Gasteiger partial charge on any atom is -0.387 e. The number of rotatable bonds is 0. The van der Waals surface area contributed by atoms with Crippen LogP contribution < -0.4 is 0 Å². The zero-order valence-electron chi connectivity index (χ0n) is 17.9. The van der Waals surface area contributed by atoms with Crippen LogP contribution in [0.1, 0.15) is 47.0 Å². The van der Waals surface area contributed by atoms with Crippen molar-refractivity contribution >= 4 is 27.5 Å². The third kappa shape index (κ3) is 1.75. The van der Waals surface area contributed by atoms with Crippen LogP contribution in [-0.2, 0) is 23.8 Å². The number of Topliss-reactive ketones (excluding diaryl/α,β-unsaturated/α-hetero) is 2. The monoisotopic (exact) mass is 480 g/mol. The van der Waals surface area contributed by atoms with Crippen molar-refractivity contribution in [1.29, 1.82) is 0 Å². The zero-order valence-corrected chi connectivity index (χ0v) is 19.5. The van der Waals surface area contributed by atoms with Crippen LogP contribution in [0.15, 0.2) is 12.2 Å². The summed E-state index contributed by atoms with van der Waals surface area (Å²) in [5, 5.41) is 12.0. The number of carbonyl (C=O) groups excluding carboxylic acids is 2. The summed E-state index contributed by atoms with van der Waals surface area (Å²) in [7, 11) is 0. The predicted molar refractivity (Wildman–Crippen MR) is 110 cm³/mol. The molecular weight excluding hydrogens is 452 g/mol. The van der Waals surface area contributed by atoms with Gasteiger partial charge in [0.05, 0.1) is 23.0 Å². The number of hydrogen-bond acceptors (Lipinski definition) is 6. The van der Waals surface area contributed by atoms with E-state index in [0.29, 0.717) is 18.4 Å². The van der Waals surface area contributed by atoms with E-state index in [0.717, 1.165) is 6.42 Å². The van der Waals surface area contributed by atoms with E-state index in [2.05, 4.69) is 36.4 Å². The van der Waals surface area contributed by atoms with Gasteiger partial charge in [-0.05, 0) is 50.0 Å². The van der Waals surface area contributed by atoms with Crippen molar-refractivity contribution in [2.45, 2.75) is 75.6 Å². The largest absolute Gasteiger partial charge is 0.387 e. The second-order valence-electron chi connectivity index (χ2n) is 11.4. The molecule has 0 radical (unpaired) electrons. The number of alkyl halides is 1. The minimum absolute atomic E-state index is 0.0471. The maximum atomic E-state index is 13.9. The van der Waals surface area contributed by atoms with Gasteiger partial charge in [-0.2, -0.15) is 0 Å². The van der Waals surface area contributed by atoms with Gasteiger partial charge in [-0.15, -0.1) is 0 Å². The molecule has 4 bridgehead atoms. The van der Waals surface area contributed by atoms with E-state index in [9.17, 15) is 14.7 Å². The lowest BCUT2D eigenvalue weighted by Gasteiger charge is -2.76. The highest BCUT2D eigenvalue weighted by molar-refractivity contribution is 9.10. The first kappa shape index (κ1) is 20.0. The van der Waals surface area contributed by atoms with Crippen molar-refractivity contribution < 1.29 is 28.9 Å². The molecule has 3 aliphatic heterocycles. The highest BCUT2D eigenvalue weighted by Gasteiger charge is 2.90. The average molecular weight is 481 g/mol. The number of fused-ring (bicyclic) bond motifs is 1. The Morgan fingerprint density at radius 1 is 1.17 bits per heavy atom. The van der Waals surface area contributed by atoms with Crippen molar-refractivity contribution in [1.82, 2.24) is 0 Å². The third-order valence-electron chi connectivity index (χ3n) is 9.33. The molecule has 6 nitrogen and oxygen atoms in total. The standard InChI is InChI=1S/C23H29BrO6/c1-10-11-6-7-13-21-9-28-23(17(27)14(21)19(2,3)8-12(24)16(21)26)22(13,15(10)25)18(11)29-20(4,5)30-23/h11-14,17-18,27H,1,6-9H2,2-5H3/t11-,12?,13-,14+,17-,18+,21-,22-,23?/m0/s1. The zero-order chi connectivity index (χ0) is 21.6. The van der Waals surface area contributed by atoms with Gasteiger partial charge < -0.3 is 19.3 Å². The average Bonchev–Trinajstić information content (AvgIpc) is 2.76. The van der Waals surface area contributed by atoms with Crippen LogP contribution >= 0.6 is 15.9 Å². The SMILES string of the molecule is C=C1C(=O)[C@@]23[C@@H]4OC(C)(C)OC25OC[C@]2(C(=O)C(Br)CC(C)(C)[C@H]2[C@@H]5O)[C@@H]3CC[C@@H]14. The summed E-state index contributed by atoms with van der Waals surface area (Å²) < 4.78 is 19.3. The maximum Gasteiger partial charge on any atom is 0.213 e. The second-order valence-corrected chi connectivity index (χ2v) is 12.5. The van der Waals surface area contributed by atoms with Crippen LogP contribution in [0.3, 0.4) is 0 Å². The molecule has 7 aliphatic rings. The smallest absolute Gasteiger partial charge is 0.213 e. The number of halogens is 1. The highest BCUT2D eigenvalue weighted by atomic mass is 79.9. The molecule has 0 aromatic heterocycles. The van der Waals surface area contributed by atoms with Gasteiger partial charge in [0.2, 0.25) is 5.79 Å². The fourth-order valence-corrected chi connectivity index (χ4v) is 9.97.